The number of hydrogen-bond acceptors (Lipinski definition) is 1. The van der Waals surface area contributed by atoms with E-state index in [1.165, 1.54) is 47.9 Å². The molecule has 0 heterocycles. The van der Waals surface area contributed by atoms with E-state index in [-0.39, 0.29) is 0 Å². The van der Waals surface area contributed by atoms with Crippen LogP contribution in [0, 0.1) is 12.8 Å². The molecule has 2 aliphatic carbocycles. The van der Waals surface area contributed by atoms with Crippen LogP contribution in [-0.4, -0.2) is 0 Å². The Hall–Kier alpha value is -2.02. The fourth-order valence-corrected chi connectivity index (χ4v) is 3.78. The maximum Gasteiger partial charge on any atom is 0.128 e. The van der Waals surface area contributed by atoms with Gasteiger partial charge in [0.2, 0.25) is 0 Å². The van der Waals surface area contributed by atoms with Crippen LogP contribution in [0.4, 0.5) is 0 Å². The van der Waals surface area contributed by atoms with Crippen molar-refractivity contribution < 1.29 is 4.74 Å². The number of allylic oxidation sites excluding steroid dienone is 5. The SMILES string of the molecule is C=CC=C(C=C)Oc1cc(C)c(C(C)=C2CC2)c(C2CCC2C)c1. The van der Waals surface area contributed by atoms with Crippen molar-refractivity contribution >= 4 is 5.57 Å². The Bertz CT molecular complexity index is 727. The van der Waals surface area contributed by atoms with Gasteiger partial charge < -0.3 is 4.74 Å². The number of hydrogen-bond donors (Lipinski definition) is 0. The van der Waals surface area contributed by atoms with E-state index < -0.39 is 0 Å². The van der Waals surface area contributed by atoms with Crippen LogP contribution in [-0.2, 0) is 0 Å². The smallest absolute Gasteiger partial charge is 0.128 e. The number of rotatable bonds is 6. The highest BCUT2D eigenvalue weighted by Gasteiger charge is 2.32. The maximum atomic E-state index is 6.05. The Morgan fingerprint density at radius 1 is 1.21 bits per heavy atom. The third-order valence-electron chi connectivity index (χ3n) is 5.48. The molecule has 2 saturated carbocycles. The van der Waals surface area contributed by atoms with Crippen molar-refractivity contribution in [1.82, 2.24) is 0 Å². The third kappa shape index (κ3) is 3.26. The molecule has 0 aromatic heterocycles. The van der Waals surface area contributed by atoms with Crippen molar-refractivity contribution in [3.8, 4) is 5.75 Å². The Balaban J connectivity index is 2.04. The van der Waals surface area contributed by atoms with Gasteiger partial charge in [-0.1, -0.05) is 31.7 Å². The molecule has 0 spiro atoms. The molecule has 2 fully saturated rings. The van der Waals surface area contributed by atoms with Crippen LogP contribution >= 0.6 is 0 Å². The molecule has 1 aromatic rings. The van der Waals surface area contributed by atoms with Crippen LogP contribution in [0.1, 0.15) is 62.1 Å². The third-order valence-corrected chi connectivity index (χ3v) is 5.48. The summed E-state index contributed by atoms with van der Waals surface area (Å²) in [6.07, 6.45) is 10.5. The minimum Gasteiger partial charge on any atom is -0.457 e. The quantitative estimate of drug-likeness (QED) is 0.418. The molecule has 1 aromatic carbocycles. The van der Waals surface area contributed by atoms with Gasteiger partial charge in [-0.3, -0.25) is 0 Å². The molecule has 3 rings (SSSR count). The van der Waals surface area contributed by atoms with Gasteiger partial charge in [-0.05, 0) is 97.9 Å². The molecule has 0 aliphatic heterocycles. The Kier molecular flexibility index (Phi) is 4.80. The van der Waals surface area contributed by atoms with Gasteiger partial charge in [-0.25, -0.2) is 0 Å². The zero-order chi connectivity index (χ0) is 17.3. The fraction of sp³-hybridized carbons (Fsp3) is 0.391. The average molecular weight is 320 g/mol. The van der Waals surface area contributed by atoms with Crippen LogP contribution in [0.3, 0.4) is 0 Å². The zero-order valence-corrected chi connectivity index (χ0v) is 15.2. The molecule has 1 heteroatoms. The first-order chi connectivity index (χ1) is 11.5. The normalized spacial score (nSPS) is 22.6. The van der Waals surface area contributed by atoms with E-state index in [4.69, 9.17) is 4.74 Å². The topological polar surface area (TPSA) is 9.23 Å². The molecule has 2 atom stereocenters. The van der Waals surface area contributed by atoms with Crippen LogP contribution in [0.5, 0.6) is 5.75 Å². The second kappa shape index (κ2) is 6.84. The van der Waals surface area contributed by atoms with Gasteiger partial charge >= 0.3 is 0 Å². The summed E-state index contributed by atoms with van der Waals surface area (Å²) in [7, 11) is 0. The van der Waals surface area contributed by atoms with Gasteiger partial charge in [-0.15, -0.1) is 0 Å². The zero-order valence-electron chi connectivity index (χ0n) is 15.2. The minimum absolute atomic E-state index is 0.659. The molecule has 0 bridgehead atoms. The number of aryl methyl sites for hydroxylation is 1. The lowest BCUT2D eigenvalue weighted by atomic mass is 9.69. The molecular formula is C23H28O. The van der Waals surface area contributed by atoms with Crippen LogP contribution in [0.25, 0.3) is 5.57 Å². The van der Waals surface area contributed by atoms with Gasteiger partial charge in [0.25, 0.3) is 0 Å². The van der Waals surface area contributed by atoms with Crippen molar-refractivity contribution in [2.24, 2.45) is 5.92 Å². The van der Waals surface area contributed by atoms with Gasteiger partial charge in [0.15, 0.2) is 0 Å². The second-order valence-electron chi connectivity index (χ2n) is 7.21. The Labute approximate surface area is 146 Å². The Morgan fingerprint density at radius 3 is 2.46 bits per heavy atom. The van der Waals surface area contributed by atoms with Crippen molar-refractivity contribution in [3.63, 3.8) is 0 Å². The first-order valence-corrected chi connectivity index (χ1v) is 9.01. The summed E-state index contributed by atoms with van der Waals surface area (Å²) in [5.74, 6) is 3.07. The molecule has 0 amide bonds. The van der Waals surface area contributed by atoms with Crippen molar-refractivity contribution in [3.05, 3.63) is 71.5 Å². The first-order valence-electron chi connectivity index (χ1n) is 9.01. The van der Waals surface area contributed by atoms with E-state index in [2.05, 4.69) is 46.1 Å². The highest BCUT2D eigenvalue weighted by molar-refractivity contribution is 5.75. The molecule has 24 heavy (non-hydrogen) atoms. The summed E-state index contributed by atoms with van der Waals surface area (Å²) in [4.78, 5) is 0. The van der Waals surface area contributed by atoms with Crippen LogP contribution in [0.15, 0.2) is 54.9 Å². The van der Waals surface area contributed by atoms with E-state index in [1.54, 1.807) is 17.7 Å². The number of ether oxygens (including phenoxy) is 1. The van der Waals surface area contributed by atoms with Crippen molar-refractivity contribution in [2.45, 2.75) is 52.4 Å². The summed E-state index contributed by atoms with van der Waals surface area (Å²) in [6.45, 7) is 14.4. The minimum atomic E-state index is 0.659. The lowest BCUT2D eigenvalue weighted by Crippen LogP contribution is -2.22. The van der Waals surface area contributed by atoms with Crippen molar-refractivity contribution in [2.75, 3.05) is 0 Å². The lowest BCUT2D eigenvalue weighted by Gasteiger charge is -2.36. The van der Waals surface area contributed by atoms with E-state index in [0.29, 0.717) is 5.92 Å². The molecule has 0 saturated heterocycles. The van der Waals surface area contributed by atoms with E-state index in [1.807, 2.05) is 6.08 Å². The fourth-order valence-electron chi connectivity index (χ4n) is 3.78. The summed E-state index contributed by atoms with van der Waals surface area (Å²) >= 11 is 0. The number of benzene rings is 1. The molecule has 2 aliphatic rings. The van der Waals surface area contributed by atoms with Gasteiger partial charge in [-0.2, -0.15) is 0 Å². The van der Waals surface area contributed by atoms with Crippen molar-refractivity contribution in [1.29, 1.82) is 0 Å². The van der Waals surface area contributed by atoms with Crippen LogP contribution in [0.2, 0.25) is 0 Å². The predicted octanol–water partition coefficient (Wildman–Crippen LogP) is 6.71. The van der Waals surface area contributed by atoms with E-state index in [9.17, 15) is 0 Å². The summed E-state index contributed by atoms with van der Waals surface area (Å²) in [5, 5.41) is 0. The molecular weight excluding hydrogens is 292 g/mol. The molecule has 1 nitrogen and oxygen atoms in total. The first kappa shape index (κ1) is 16.8. The molecule has 0 N–H and O–H groups in total. The summed E-state index contributed by atoms with van der Waals surface area (Å²) in [5.41, 5.74) is 7.39. The van der Waals surface area contributed by atoms with Gasteiger partial charge in [0.1, 0.15) is 11.5 Å². The highest BCUT2D eigenvalue weighted by atomic mass is 16.5. The predicted molar refractivity (Wildman–Crippen MR) is 103 cm³/mol. The average Bonchev–Trinajstić information content (AvgIpc) is 3.37. The summed E-state index contributed by atoms with van der Waals surface area (Å²) in [6, 6.07) is 4.42. The molecule has 0 radical (unpaired) electrons. The molecule has 126 valence electrons. The summed E-state index contributed by atoms with van der Waals surface area (Å²) < 4.78 is 6.05. The molecule has 2 unspecified atom stereocenters. The second-order valence-corrected chi connectivity index (χ2v) is 7.21. The van der Waals surface area contributed by atoms with Gasteiger partial charge in [0, 0.05) is 0 Å². The van der Waals surface area contributed by atoms with Crippen LogP contribution < -0.4 is 4.74 Å². The monoisotopic (exact) mass is 320 g/mol. The van der Waals surface area contributed by atoms with E-state index >= 15 is 0 Å². The Morgan fingerprint density at radius 2 is 1.96 bits per heavy atom. The largest absolute Gasteiger partial charge is 0.457 e. The highest BCUT2D eigenvalue weighted by Crippen LogP contribution is 2.48. The van der Waals surface area contributed by atoms with Gasteiger partial charge in [0.05, 0.1) is 0 Å². The standard InChI is InChI=1S/C23H28O/c1-6-8-19(7-2)24-20-13-16(4)23(17(5)18-10-11-18)22(14-20)21-12-9-15(21)3/h6-8,13-15,21H,1-2,9-12H2,3-5H3. The van der Waals surface area contributed by atoms with E-state index in [0.717, 1.165) is 17.4 Å². The maximum absolute atomic E-state index is 6.05. The lowest BCUT2D eigenvalue weighted by molar-refractivity contribution is 0.279.